The number of guanidine groups is 1. The number of nitrogens with zero attached hydrogens (tertiary/aromatic N) is 2. The normalized spacial score (nSPS) is 20.2. The highest BCUT2D eigenvalue weighted by atomic mass is 19.1. The fourth-order valence-electron chi connectivity index (χ4n) is 4.36. The van der Waals surface area contributed by atoms with Crippen LogP contribution in [0.2, 0.25) is 0 Å². The summed E-state index contributed by atoms with van der Waals surface area (Å²) < 4.78 is 19.1. The number of hydrogen-bond donors (Lipinski definition) is 2. The van der Waals surface area contributed by atoms with E-state index in [1.165, 1.54) is 6.07 Å². The van der Waals surface area contributed by atoms with E-state index in [-0.39, 0.29) is 11.2 Å². The predicted octanol–water partition coefficient (Wildman–Crippen LogP) is 3.56. The van der Waals surface area contributed by atoms with Gasteiger partial charge in [-0.25, -0.2) is 4.39 Å². The molecule has 0 spiro atoms. The quantitative estimate of drug-likeness (QED) is 0.541. The van der Waals surface area contributed by atoms with Gasteiger partial charge in [-0.3, -0.25) is 4.99 Å². The third-order valence-electron chi connectivity index (χ3n) is 6.38. The van der Waals surface area contributed by atoms with Crippen LogP contribution in [0.3, 0.4) is 0 Å². The zero-order valence-corrected chi connectivity index (χ0v) is 17.8. The van der Waals surface area contributed by atoms with Crippen LogP contribution in [0.15, 0.2) is 53.5 Å². The van der Waals surface area contributed by atoms with Crippen molar-refractivity contribution in [3.05, 3.63) is 59.9 Å². The van der Waals surface area contributed by atoms with Crippen LogP contribution in [0.5, 0.6) is 5.75 Å². The molecule has 4 rings (SSSR count). The van der Waals surface area contributed by atoms with Gasteiger partial charge in [-0.1, -0.05) is 24.3 Å². The van der Waals surface area contributed by atoms with Crippen molar-refractivity contribution in [1.29, 1.82) is 0 Å². The van der Waals surface area contributed by atoms with Crippen LogP contribution in [0, 0.1) is 11.7 Å². The van der Waals surface area contributed by atoms with Crippen molar-refractivity contribution in [2.45, 2.75) is 24.7 Å². The molecule has 1 aliphatic heterocycles. The smallest absolute Gasteiger partial charge is 0.191 e. The van der Waals surface area contributed by atoms with Crippen LogP contribution >= 0.6 is 0 Å². The summed E-state index contributed by atoms with van der Waals surface area (Å²) in [6, 6.07) is 15.2. The average Bonchev–Trinajstić information content (AvgIpc) is 3.43. The molecule has 1 saturated carbocycles. The van der Waals surface area contributed by atoms with E-state index in [4.69, 9.17) is 4.74 Å². The van der Waals surface area contributed by atoms with Gasteiger partial charge in [0.05, 0.1) is 12.8 Å². The Bertz CT molecular complexity index is 896. The number of aliphatic imine (C=N–C) groups is 1. The molecular weight excluding hydrogens is 379 g/mol. The lowest BCUT2D eigenvalue weighted by Crippen LogP contribution is -2.43. The second-order valence-corrected chi connectivity index (χ2v) is 8.37. The first kappa shape index (κ1) is 20.5. The number of anilines is 1. The van der Waals surface area contributed by atoms with Crippen LogP contribution in [-0.2, 0) is 5.41 Å². The lowest BCUT2D eigenvalue weighted by Gasteiger charge is -2.22. The molecular formula is C24H31FN4O. The van der Waals surface area contributed by atoms with E-state index in [9.17, 15) is 4.39 Å². The second kappa shape index (κ2) is 8.94. The van der Waals surface area contributed by atoms with E-state index in [1.54, 1.807) is 26.3 Å². The molecule has 0 amide bonds. The summed E-state index contributed by atoms with van der Waals surface area (Å²) in [6.45, 7) is 3.67. The van der Waals surface area contributed by atoms with Gasteiger partial charge in [0.2, 0.25) is 0 Å². The molecule has 0 bridgehead atoms. The molecule has 1 heterocycles. The van der Waals surface area contributed by atoms with E-state index < -0.39 is 0 Å². The highest BCUT2D eigenvalue weighted by Crippen LogP contribution is 2.47. The Morgan fingerprint density at radius 3 is 2.77 bits per heavy atom. The van der Waals surface area contributed by atoms with Gasteiger partial charge in [0, 0.05) is 38.6 Å². The standard InChI is InChI=1S/C24H31FN4O/c1-26-23(28-17-24(11-12-24)19-6-5-7-20(25)14-19)27-15-18-10-13-29(16-18)21-8-3-4-9-22(21)30-2/h3-9,14,18H,10-13,15-17H2,1-2H3,(H2,26,27,28). The van der Waals surface area contributed by atoms with Crippen LogP contribution < -0.4 is 20.3 Å². The Hall–Kier alpha value is -2.76. The molecule has 1 atom stereocenters. The second-order valence-electron chi connectivity index (χ2n) is 8.37. The fourth-order valence-corrected chi connectivity index (χ4v) is 4.36. The number of halogens is 1. The van der Waals surface area contributed by atoms with Gasteiger partial charge < -0.3 is 20.3 Å². The van der Waals surface area contributed by atoms with Crippen molar-refractivity contribution in [3.8, 4) is 5.75 Å². The summed E-state index contributed by atoms with van der Waals surface area (Å²) in [5.74, 6) is 2.12. The van der Waals surface area contributed by atoms with Crippen LogP contribution in [0.4, 0.5) is 10.1 Å². The SMILES string of the molecule is CN=C(NCC1CCN(c2ccccc2OC)C1)NCC1(c2cccc(F)c2)CC1. The van der Waals surface area contributed by atoms with E-state index >= 15 is 0 Å². The van der Waals surface area contributed by atoms with Crippen molar-refractivity contribution in [2.24, 2.45) is 10.9 Å². The van der Waals surface area contributed by atoms with Crippen LogP contribution in [0.1, 0.15) is 24.8 Å². The van der Waals surface area contributed by atoms with E-state index in [2.05, 4.69) is 32.7 Å². The third-order valence-corrected chi connectivity index (χ3v) is 6.38. The van der Waals surface area contributed by atoms with Crippen LogP contribution in [0.25, 0.3) is 0 Å². The van der Waals surface area contributed by atoms with Crippen molar-refractivity contribution >= 4 is 11.6 Å². The largest absolute Gasteiger partial charge is 0.495 e. The number of hydrogen-bond acceptors (Lipinski definition) is 3. The minimum atomic E-state index is -0.165. The van der Waals surface area contributed by atoms with Gasteiger partial charge in [0.15, 0.2) is 5.96 Å². The van der Waals surface area contributed by atoms with Gasteiger partial charge in [-0.05, 0) is 55.0 Å². The van der Waals surface area contributed by atoms with Gasteiger partial charge in [-0.15, -0.1) is 0 Å². The lowest BCUT2D eigenvalue weighted by atomic mass is 9.96. The molecule has 5 nitrogen and oxygen atoms in total. The Morgan fingerprint density at radius 1 is 1.20 bits per heavy atom. The van der Waals surface area contributed by atoms with Gasteiger partial charge >= 0.3 is 0 Å². The summed E-state index contributed by atoms with van der Waals surface area (Å²) >= 11 is 0. The highest BCUT2D eigenvalue weighted by Gasteiger charge is 2.44. The number of rotatable bonds is 7. The molecule has 1 aliphatic carbocycles. The first-order valence-corrected chi connectivity index (χ1v) is 10.7. The molecule has 2 N–H and O–H groups in total. The zero-order valence-electron chi connectivity index (χ0n) is 17.8. The van der Waals surface area contributed by atoms with Gasteiger partial charge in [-0.2, -0.15) is 0 Å². The monoisotopic (exact) mass is 410 g/mol. The molecule has 160 valence electrons. The summed E-state index contributed by atoms with van der Waals surface area (Å²) in [5, 5.41) is 6.94. The molecule has 6 heteroatoms. The molecule has 30 heavy (non-hydrogen) atoms. The topological polar surface area (TPSA) is 48.9 Å². The number of methoxy groups -OCH3 is 1. The maximum atomic E-state index is 13.6. The molecule has 2 aromatic rings. The Kier molecular flexibility index (Phi) is 6.11. The summed E-state index contributed by atoms with van der Waals surface area (Å²) in [5.41, 5.74) is 2.28. The molecule has 1 unspecified atom stereocenters. The van der Waals surface area contributed by atoms with E-state index in [0.717, 1.165) is 68.4 Å². The maximum Gasteiger partial charge on any atom is 0.191 e. The molecule has 0 radical (unpaired) electrons. The van der Waals surface area contributed by atoms with Crippen LogP contribution in [-0.4, -0.2) is 46.3 Å². The van der Waals surface area contributed by atoms with Crippen molar-refractivity contribution < 1.29 is 9.13 Å². The zero-order chi connectivity index (χ0) is 21.0. The number of benzene rings is 2. The molecule has 2 fully saturated rings. The minimum absolute atomic E-state index is 0.0355. The van der Waals surface area contributed by atoms with Crippen molar-refractivity contribution in [1.82, 2.24) is 10.6 Å². The fraction of sp³-hybridized carbons (Fsp3) is 0.458. The number of ether oxygens (including phenoxy) is 1. The van der Waals surface area contributed by atoms with Gasteiger partial charge in [0.25, 0.3) is 0 Å². The molecule has 2 aromatic carbocycles. The third kappa shape index (κ3) is 4.53. The molecule has 1 saturated heterocycles. The van der Waals surface area contributed by atoms with E-state index in [1.807, 2.05) is 18.2 Å². The molecule has 2 aliphatic rings. The number of nitrogens with one attached hydrogen (secondary N) is 2. The Labute approximate surface area is 178 Å². The maximum absolute atomic E-state index is 13.6. The van der Waals surface area contributed by atoms with Gasteiger partial charge in [0.1, 0.15) is 11.6 Å². The predicted molar refractivity (Wildman–Crippen MR) is 120 cm³/mol. The lowest BCUT2D eigenvalue weighted by molar-refractivity contribution is 0.414. The summed E-state index contributed by atoms with van der Waals surface area (Å²) in [6.07, 6.45) is 3.29. The Balaban J connectivity index is 1.27. The highest BCUT2D eigenvalue weighted by molar-refractivity contribution is 5.79. The Morgan fingerprint density at radius 2 is 2.03 bits per heavy atom. The summed E-state index contributed by atoms with van der Waals surface area (Å²) in [4.78, 5) is 6.78. The van der Waals surface area contributed by atoms with Crippen molar-refractivity contribution in [2.75, 3.05) is 45.2 Å². The first-order chi connectivity index (χ1) is 14.6. The van der Waals surface area contributed by atoms with Crippen molar-refractivity contribution in [3.63, 3.8) is 0 Å². The molecule has 0 aromatic heterocycles. The average molecular weight is 411 g/mol. The van der Waals surface area contributed by atoms with E-state index in [0.29, 0.717) is 5.92 Å². The first-order valence-electron chi connectivity index (χ1n) is 10.7. The minimum Gasteiger partial charge on any atom is -0.495 e. The summed E-state index contributed by atoms with van der Waals surface area (Å²) in [7, 11) is 3.52. The number of para-hydroxylation sites is 2.